The molecule has 0 saturated carbocycles. The monoisotopic (exact) mass is 418 g/mol. The highest BCUT2D eigenvalue weighted by atomic mass is 16.5. The summed E-state index contributed by atoms with van der Waals surface area (Å²) in [6.07, 6.45) is 0. The van der Waals surface area contributed by atoms with E-state index in [0.29, 0.717) is 38.5 Å². The van der Waals surface area contributed by atoms with Crippen LogP contribution in [0.3, 0.4) is 0 Å². The zero-order valence-electron chi connectivity index (χ0n) is 17.3. The van der Waals surface area contributed by atoms with E-state index in [2.05, 4.69) is 4.90 Å². The Morgan fingerprint density at radius 3 is 2.06 bits per heavy atom. The van der Waals surface area contributed by atoms with Crippen LogP contribution in [0.15, 0.2) is 78.9 Å². The van der Waals surface area contributed by atoms with Crippen LogP contribution in [0.1, 0.15) is 5.56 Å². The molecule has 0 spiro atoms. The Kier molecular flexibility index (Phi) is 6.57. The van der Waals surface area contributed by atoms with E-state index in [0.717, 1.165) is 17.0 Å². The number of rotatable bonds is 7. The number of phenolic OH excluding ortho intramolecular Hbond substituents is 1. The molecular weight excluding hydrogens is 392 g/mol. The number of hydrogen-bond acceptors (Lipinski definition) is 5. The summed E-state index contributed by atoms with van der Waals surface area (Å²) in [7, 11) is 0. The number of ether oxygens (including phenoxy) is 2. The van der Waals surface area contributed by atoms with Crippen LogP contribution >= 0.6 is 0 Å². The highest BCUT2D eigenvalue weighted by Gasteiger charge is 2.22. The normalized spacial score (nSPS) is 13.7. The van der Waals surface area contributed by atoms with E-state index in [1.807, 2.05) is 66.7 Å². The highest BCUT2D eigenvalue weighted by Crippen LogP contribution is 2.27. The van der Waals surface area contributed by atoms with Crippen molar-refractivity contribution in [1.29, 1.82) is 0 Å². The quantitative estimate of drug-likeness (QED) is 0.634. The minimum absolute atomic E-state index is 0.000800. The number of carbonyl (C=O) groups excluding carboxylic acids is 1. The van der Waals surface area contributed by atoms with Crippen molar-refractivity contribution in [3.8, 4) is 17.2 Å². The Hall–Kier alpha value is -3.67. The molecule has 3 aromatic rings. The molecule has 0 atom stereocenters. The van der Waals surface area contributed by atoms with Crippen molar-refractivity contribution in [3.05, 3.63) is 84.4 Å². The minimum Gasteiger partial charge on any atom is -0.506 e. The molecule has 4 rings (SSSR count). The van der Waals surface area contributed by atoms with Crippen LogP contribution in [0.25, 0.3) is 0 Å². The number of para-hydroxylation sites is 2. The van der Waals surface area contributed by atoms with Gasteiger partial charge in [-0.15, -0.1) is 0 Å². The fourth-order valence-corrected chi connectivity index (χ4v) is 3.54. The van der Waals surface area contributed by atoms with Gasteiger partial charge in [-0.2, -0.15) is 0 Å². The molecule has 3 aromatic carbocycles. The van der Waals surface area contributed by atoms with Crippen LogP contribution in [-0.4, -0.2) is 48.7 Å². The molecule has 31 heavy (non-hydrogen) atoms. The molecule has 160 valence electrons. The van der Waals surface area contributed by atoms with E-state index < -0.39 is 0 Å². The number of carbonyl (C=O) groups is 1. The number of piperazine rings is 1. The molecule has 1 amide bonds. The molecule has 1 heterocycles. The Balaban J connectivity index is 1.21. The van der Waals surface area contributed by atoms with Crippen molar-refractivity contribution in [2.45, 2.75) is 6.61 Å². The number of benzene rings is 3. The van der Waals surface area contributed by atoms with Gasteiger partial charge in [0.25, 0.3) is 5.91 Å². The molecule has 1 aliphatic heterocycles. The van der Waals surface area contributed by atoms with Crippen LogP contribution < -0.4 is 14.4 Å². The summed E-state index contributed by atoms with van der Waals surface area (Å²) in [6.45, 7) is 3.06. The largest absolute Gasteiger partial charge is 0.506 e. The lowest BCUT2D eigenvalue weighted by Crippen LogP contribution is -2.50. The van der Waals surface area contributed by atoms with E-state index in [4.69, 9.17) is 9.47 Å². The molecule has 0 radical (unpaired) electrons. The van der Waals surface area contributed by atoms with E-state index in [9.17, 15) is 9.90 Å². The molecule has 0 aromatic heterocycles. The summed E-state index contributed by atoms with van der Waals surface area (Å²) >= 11 is 0. The predicted octanol–water partition coefficient (Wildman–Crippen LogP) is 3.70. The van der Waals surface area contributed by atoms with Crippen molar-refractivity contribution in [2.75, 3.05) is 37.7 Å². The third kappa shape index (κ3) is 5.48. The summed E-state index contributed by atoms with van der Waals surface area (Å²) in [4.78, 5) is 16.4. The average molecular weight is 418 g/mol. The highest BCUT2D eigenvalue weighted by molar-refractivity contribution is 5.78. The SMILES string of the molecule is O=C(COc1ccc(OCc2ccccc2)cc1)N1CCN(c2ccccc2O)CC1. The van der Waals surface area contributed by atoms with Crippen molar-refractivity contribution < 1.29 is 19.4 Å². The molecule has 1 saturated heterocycles. The number of hydrogen-bond donors (Lipinski definition) is 1. The van der Waals surface area contributed by atoms with Gasteiger partial charge in [-0.1, -0.05) is 42.5 Å². The molecule has 6 nitrogen and oxygen atoms in total. The number of aromatic hydroxyl groups is 1. The molecule has 0 unspecified atom stereocenters. The molecule has 1 aliphatic rings. The first-order chi connectivity index (χ1) is 15.2. The van der Waals surface area contributed by atoms with Gasteiger partial charge in [0.15, 0.2) is 6.61 Å². The van der Waals surface area contributed by atoms with Gasteiger partial charge in [0, 0.05) is 26.2 Å². The third-order valence-corrected chi connectivity index (χ3v) is 5.29. The first-order valence-electron chi connectivity index (χ1n) is 10.4. The smallest absolute Gasteiger partial charge is 0.260 e. The second-order valence-corrected chi connectivity index (χ2v) is 7.39. The summed E-state index contributed by atoms with van der Waals surface area (Å²) in [5.74, 6) is 1.61. The van der Waals surface area contributed by atoms with Gasteiger partial charge in [0.2, 0.25) is 0 Å². The second kappa shape index (κ2) is 9.89. The first kappa shape index (κ1) is 20.6. The van der Waals surface area contributed by atoms with Crippen molar-refractivity contribution in [2.24, 2.45) is 0 Å². The standard InChI is InChI=1S/C25H26N2O4/c28-24-9-5-4-8-23(24)26-14-16-27(17-15-26)25(29)19-31-22-12-10-21(11-13-22)30-18-20-6-2-1-3-7-20/h1-13,28H,14-19H2. The van der Waals surface area contributed by atoms with Crippen LogP contribution in [0.4, 0.5) is 5.69 Å². The van der Waals surface area contributed by atoms with Gasteiger partial charge >= 0.3 is 0 Å². The number of phenols is 1. The summed E-state index contributed by atoms with van der Waals surface area (Å²) < 4.78 is 11.4. The van der Waals surface area contributed by atoms with Crippen LogP contribution in [0, 0.1) is 0 Å². The lowest BCUT2D eigenvalue weighted by Gasteiger charge is -2.36. The zero-order valence-corrected chi connectivity index (χ0v) is 17.3. The fourth-order valence-electron chi connectivity index (χ4n) is 3.54. The van der Waals surface area contributed by atoms with Crippen LogP contribution in [0.2, 0.25) is 0 Å². The van der Waals surface area contributed by atoms with Gasteiger partial charge in [-0.05, 0) is 42.0 Å². The summed E-state index contributed by atoms with van der Waals surface area (Å²) in [6, 6.07) is 24.6. The molecule has 0 bridgehead atoms. The minimum atomic E-state index is -0.0404. The first-order valence-corrected chi connectivity index (χ1v) is 10.4. The van der Waals surface area contributed by atoms with E-state index in [1.54, 1.807) is 17.0 Å². The van der Waals surface area contributed by atoms with Gasteiger partial charge in [0.05, 0.1) is 5.69 Å². The molecule has 6 heteroatoms. The second-order valence-electron chi connectivity index (χ2n) is 7.39. The topological polar surface area (TPSA) is 62.2 Å². The third-order valence-electron chi connectivity index (χ3n) is 5.29. The number of anilines is 1. The molecule has 1 fully saturated rings. The lowest BCUT2D eigenvalue weighted by molar-refractivity contribution is -0.133. The Morgan fingerprint density at radius 2 is 1.39 bits per heavy atom. The van der Waals surface area contributed by atoms with Gasteiger partial charge in [0.1, 0.15) is 23.9 Å². The Morgan fingerprint density at radius 1 is 0.774 bits per heavy atom. The van der Waals surface area contributed by atoms with Crippen molar-refractivity contribution in [3.63, 3.8) is 0 Å². The van der Waals surface area contributed by atoms with E-state index in [-0.39, 0.29) is 18.3 Å². The number of amides is 1. The van der Waals surface area contributed by atoms with E-state index in [1.165, 1.54) is 0 Å². The molecular formula is C25H26N2O4. The maximum Gasteiger partial charge on any atom is 0.260 e. The van der Waals surface area contributed by atoms with Crippen molar-refractivity contribution >= 4 is 11.6 Å². The average Bonchev–Trinajstić information content (AvgIpc) is 2.83. The zero-order chi connectivity index (χ0) is 21.5. The maximum absolute atomic E-state index is 12.5. The Labute approximate surface area is 182 Å². The van der Waals surface area contributed by atoms with Gasteiger partial charge in [-0.25, -0.2) is 0 Å². The van der Waals surface area contributed by atoms with Gasteiger partial charge in [-0.3, -0.25) is 4.79 Å². The summed E-state index contributed by atoms with van der Waals surface area (Å²) in [5.41, 5.74) is 1.91. The molecule has 0 aliphatic carbocycles. The van der Waals surface area contributed by atoms with Crippen LogP contribution in [0.5, 0.6) is 17.2 Å². The predicted molar refractivity (Wildman–Crippen MR) is 120 cm³/mol. The van der Waals surface area contributed by atoms with Gasteiger partial charge < -0.3 is 24.4 Å². The maximum atomic E-state index is 12.5. The molecule has 1 N–H and O–H groups in total. The number of nitrogens with zero attached hydrogens (tertiary/aromatic N) is 2. The van der Waals surface area contributed by atoms with Crippen molar-refractivity contribution in [1.82, 2.24) is 4.90 Å². The Bertz CT molecular complexity index is 984. The summed E-state index contributed by atoms with van der Waals surface area (Å²) in [5, 5.41) is 10.0. The lowest BCUT2D eigenvalue weighted by atomic mass is 10.2. The van der Waals surface area contributed by atoms with Crippen LogP contribution in [-0.2, 0) is 11.4 Å². The fraction of sp³-hybridized carbons (Fsp3) is 0.240. The van der Waals surface area contributed by atoms with E-state index >= 15 is 0 Å².